The Balaban J connectivity index is 2.52. The molecule has 5 nitrogen and oxygen atoms in total. The summed E-state index contributed by atoms with van der Waals surface area (Å²) in [5.74, 6) is -0.584. The number of carboxylic acids is 1. The van der Waals surface area contributed by atoms with Gasteiger partial charge in [-0.3, -0.25) is 9.59 Å². The standard InChI is InChI=1S/C18H18N2O3/c1-12(2)13-3-5-14(6-4-13)16-8-7-15(11-19)18(23)20(16)10-9-17(21)22/h3-8,12H,9-10H2,1-2H3,(H,21,22). The molecule has 0 aliphatic rings. The molecule has 0 spiro atoms. The highest BCUT2D eigenvalue weighted by molar-refractivity contribution is 5.67. The van der Waals surface area contributed by atoms with Crippen LogP contribution < -0.4 is 5.56 Å². The molecule has 5 heteroatoms. The number of nitriles is 1. The van der Waals surface area contributed by atoms with E-state index >= 15 is 0 Å². The molecule has 0 aliphatic carbocycles. The van der Waals surface area contributed by atoms with Gasteiger partial charge in [0.15, 0.2) is 0 Å². The Bertz CT molecular complexity index is 812. The van der Waals surface area contributed by atoms with E-state index in [1.54, 1.807) is 6.07 Å². The fourth-order valence-corrected chi connectivity index (χ4v) is 2.38. The number of rotatable bonds is 5. The van der Waals surface area contributed by atoms with Crippen LogP contribution in [0.1, 0.15) is 37.3 Å². The van der Waals surface area contributed by atoms with Crippen LogP contribution in [0.5, 0.6) is 0 Å². The van der Waals surface area contributed by atoms with Crippen molar-refractivity contribution in [1.82, 2.24) is 4.57 Å². The van der Waals surface area contributed by atoms with E-state index in [0.717, 1.165) is 5.56 Å². The fourth-order valence-electron chi connectivity index (χ4n) is 2.38. The molecular weight excluding hydrogens is 292 g/mol. The van der Waals surface area contributed by atoms with Crippen molar-refractivity contribution in [3.63, 3.8) is 0 Å². The van der Waals surface area contributed by atoms with Crippen LogP contribution in [-0.4, -0.2) is 15.6 Å². The molecule has 0 atom stereocenters. The second-order valence-electron chi connectivity index (χ2n) is 5.62. The molecule has 0 radical (unpaired) electrons. The molecule has 0 saturated heterocycles. The Morgan fingerprint density at radius 2 is 1.87 bits per heavy atom. The van der Waals surface area contributed by atoms with Crippen LogP contribution in [0.3, 0.4) is 0 Å². The van der Waals surface area contributed by atoms with Crippen molar-refractivity contribution < 1.29 is 9.90 Å². The van der Waals surface area contributed by atoms with Crippen LogP contribution in [0, 0.1) is 11.3 Å². The molecule has 2 aromatic rings. The van der Waals surface area contributed by atoms with Crippen molar-refractivity contribution in [1.29, 1.82) is 5.26 Å². The predicted molar refractivity (Wildman–Crippen MR) is 87.2 cm³/mol. The summed E-state index contributed by atoms with van der Waals surface area (Å²) in [6.45, 7) is 4.23. The molecule has 1 heterocycles. The van der Waals surface area contributed by atoms with Gasteiger partial charge in [-0.05, 0) is 29.2 Å². The average Bonchev–Trinajstić information content (AvgIpc) is 2.53. The van der Waals surface area contributed by atoms with Gasteiger partial charge < -0.3 is 9.67 Å². The lowest BCUT2D eigenvalue weighted by molar-refractivity contribution is -0.137. The highest BCUT2D eigenvalue weighted by Gasteiger charge is 2.12. The maximum Gasteiger partial charge on any atom is 0.305 e. The van der Waals surface area contributed by atoms with E-state index in [0.29, 0.717) is 11.6 Å². The van der Waals surface area contributed by atoms with Crippen LogP contribution in [-0.2, 0) is 11.3 Å². The Hall–Kier alpha value is -2.87. The van der Waals surface area contributed by atoms with Crippen molar-refractivity contribution in [2.75, 3.05) is 0 Å². The summed E-state index contributed by atoms with van der Waals surface area (Å²) >= 11 is 0. The number of aliphatic carboxylic acids is 1. The minimum Gasteiger partial charge on any atom is -0.481 e. The topological polar surface area (TPSA) is 83.1 Å². The molecule has 0 fully saturated rings. The molecule has 0 unspecified atom stereocenters. The van der Waals surface area contributed by atoms with Gasteiger partial charge in [0.2, 0.25) is 0 Å². The van der Waals surface area contributed by atoms with Gasteiger partial charge in [0.1, 0.15) is 11.6 Å². The summed E-state index contributed by atoms with van der Waals surface area (Å²) in [4.78, 5) is 23.2. The van der Waals surface area contributed by atoms with Crippen LogP contribution >= 0.6 is 0 Å². The second kappa shape index (κ2) is 6.93. The second-order valence-corrected chi connectivity index (χ2v) is 5.62. The minimum absolute atomic E-state index is 0.0120. The van der Waals surface area contributed by atoms with Crippen LogP contribution in [0.15, 0.2) is 41.2 Å². The van der Waals surface area contributed by atoms with Crippen LogP contribution in [0.2, 0.25) is 0 Å². The first-order chi connectivity index (χ1) is 10.9. The van der Waals surface area contributed by atoms with E-state index < -0.39 is 11.5 Å². The van der Waals surface area contributed by atoms with Gasteiger partial charge in [0, 0.05) is 6.54 Å². The SMILES string of the molecule is CC(C)c1ccc(-c2ccc(C#N)c(=O)n2CCC(=O)O)cc1. The van der Waals surface area contributed by atoms with Gasteiger partial charge in [-0.2, -0.15) is 5.26 Å². The predicted octanol–water partition coefficient (Wildman–Crippen LogP) is 2.99. The van der Waals surface area contributed by atoms with Crippen LogP contribution in [0.4, 0.5) is 0 Å². The van der Waals surface area contributed by atoms with Gasteiger partial charge in [-0.1, -0.05) is 38.1 Å². The summed E-state index contributed by atoms with van der Waals surface area (Å²) in [5.41, 5.74) is 2.17. The Morgan fingerprint density at radius 1 is 1.22 bits per heavy atom. The third-order valence-electron chi connectivity index (χ3n) is 3.72. The zero-order chi connectivity index (χ0) is 17.0. The lowest BCUT2D eigenvalue weighted by Gasteiger charge is -2.13. The molecule has 2 rings (SSSR count). The minimum atomic E-state index is -0.986. The molecular formula is C18H18N2O3. The zero-order valence-electron chi connectivity index (χ0n) is 13.1. The van der Waals surface area contributed by atoms with E-state index in [2.05, 4.69) is 13.8 Å². The van der Waals surface area contributed by atoms with Crippen molar-refractivity contribution in [2.45, 2.75) is 32.7 Å². The van der Waals surface area contributed by atoms with Gasteiger partial charge in [-0.15, -0.1) is 0 Å². The van der Waals surface area contributed by atoms with E-state index in [9.17, 15) is 9.59 Å². The smallest absolute Gasteiger partial charge is 0.305 e. The molecule has 1 aromatic heterocycles. The molecule has 118 valence electrons. The van der Waals surface area contributed by atoms with Gasteiger partial charge >= 0.3 is 5.97 Å². The monoisotopic (exact) mass is 310 g/mol. The highest BCUT2D eigenvalue weighted by Crippen LogP contribution is 2.22. The maximum atomic E-state index is 12.3. The van der Waals surface area contributed by atoms with E-state index in [4.69, 9.17) is 10.4 Å². The molecule has 1 N–H and O–H groups in total. The number of nitrogens with zero attached hydrogens (tertiary/aromatic N) is 2. The Kier molecular flexibility index (Phi) is 4.97. The summed E-state index contributed by atoms with van der Waals surface area (Å²) in [7, 11) is 0. The number of hydrogen-bond acceptors (Lipinski definition) is 3. The first-order valence-corrected chi connectivity index (χ1v) is 7.40. The number of carbonyl (C=O) groups is 1. The summed E-state index contributed by atoms with van der Waals surface area (Å²) in [6.07, 6.45) is -0.175. The molecule has 0 aliphatic heterocycles. The fraction of sp³-hybridized carbons (Fsp3) is 0.278. The summed E-state index contributed by atoms with van der Waals surface area (Å²) < 4.78 is 1.36. The van der Waals surface area contributed by atoms with Gasteiger partial charge in [-0.25, -0.2) is 0 Å². The van der Waals surface area contributed by atoms with E-state index in [1.165, 1.54) is 16.2 Å². The number of carboxylic acid groups (broad SMARTS) is 1. The Morgan fingerprint density at radius 3 is 2.39 bits per heavy atom. The van der Waals surface area contributed by atoms with Crippen LogP contribution in [0.25, 0.3) is 11.3 Å². The van der Waals surface area contributed by atoms with Crippen molar-refractivity contribution >= 4 is 5.97 Å². The number of aromatic nitrogens is 1. The molecule has 1 aromatic carbocycles. The zero-order valence-corrected chi connectivity index (χ0v) is 13.1. The highest BCUT2D eigenvalue weighted by atomic mass is 16.4. The van der Waals surface area contributed by atoms with Gasteiger partial charge in [0.25, 0.3) is 5.56 Å². The molecule has 0 saturated carbocycles. The molecule has 0 amide bonds. The summed E-state index contributed by atoms with van der Waals surface area (Å²) in [6, 6.07) is 12.8. The maximum absolute atomic E-state index is 12.3. The van der Waals surface area contributed by atoms with E-state index in [-0.39, 0.29) is 18.5 Å². The normalized spacial score (nSPS) is 10.5. The number of benzene rings is 1. The van der Waals surface area contributed by atoms with Crippen molar-refractivity contribution in [3.05, 3.63) is 57.9 Å². The molecule has 23 heavy (non-hydrogen) atoms. The van der Waals surface area contributed by atoms with E-state index in [1.807, 2.05) is 30.3 Å². The lowest BCUT2D eigenvalue weighted by atomic mass is 10.0. The Labute approximate surface area is 134 Å². The van der Waals surface area contributed by atoms with Crippen molar-refractivity contribution in [3.8, 4) is 17.3 Å². The first-order valence-electron chi connectivity index (χ1n) is 7.40. The lowest BCUT2D eigenvalue weighted by Crippen LogP contribution is -2.25. The third kappa shape index (κ3) is 3.67. The molecule has 0 bridgehead atoms. The van der Waals surface area contributed by atoms with Crippen molar-refractivity contribution in [2.24, 2.45) is 0 Å². The number of hydrogen-bond donors (Lipinski definition) is 1. The quantitative estimate of drug-likeness (QED) is 0.920. The summed E-state index contributed by atoms with van der Waals surface area (Å²) in [5, 5.41) is 17.9. The third-order valence-corrected chi connectivity index (χ3v) is 3.72. The number of pyridine rings is 1. The van der Waals surface area contributed by atoms with Gasteiger partial charge in [0.05, 0.1) is 12.1 Å². The average molecular weight is 310 g/mol. The first kappa shape index (κ1) is 16.5. The largest absolute Gasteiger partial charge is 0.481 e.